The molecular formula is C18H16N4. The molecule has 4 heteroatoms. The third-order valence-electron chi connectivity index (χ3n) is 3.74. The molecule has 0 amide bonds. The summed E-state index contributed by atoms with van der Waals surface area (Å²) in [5, 5.41) is 8.11. The van der Waals surface area contributed by atoms with Gasteiger partial charge in [0.2, 0.25) is 0 Å². The summed E-state index contributed by atoms with van der Waals surface area (Å²) in [6.45, 7) is 0.777. The van der Waals surface area contributed by atoms with Gasteiger partial charge in [-0.05, 0) is 11.6 Å². The van der Waals surface area contributed by atoms with E-state index in [0.717, 1.165) is 29.1 Å². The molecule has 1 unspecified atom stereocenters. The summed E-state index contributed by atoms with van der Waals surface area (Å²) in [6, 6.07) is 22.7. The van der Waals surface area contributed by atoms with Crippen molar-refractivity contribution in [3.05, 3.63) is 66.7 Å². The zero-order valence-corrected chi connectivity index (χ0v) is 12.1. The van der Waals surface area contributed by atoms with Crippen LogP contribution in [0, 0.1) is 0 Å². The summed E-state index contributed by atoms with van der Waals surface area (Å²) in [5.41, 5.74) is 4.28. The van der Waals surface area contributed by atoms with E-state index >= 15 is 0 Å². The molecule has 0 aliphatic carbocycles. The second-order valence-electron chi connectivity index (χ2n) is 5.21. The molecule has 0 fully saturated rings. The van der Waals surface area contributed by atoms with E-state index in [1.165, 1.54) is 0 Å². The zero-order chi connectivity index (χ0) is 14.8. The lowest BCUT2D eigenvalue weighted by Gasteiger charge is -2.12. The van der Waals surface area contributed by atoms with Crippen LogP contribution in [0.15, 0.2) is 71.7 Å². The minimum absolute atomic E-state index is 0.132. The maximum Gasteiger partial charge on any atom is 0.196 e. The molecule has 2 aromatic carbocycles. The van der Waals surface area contributed by atoms with Crippen LogP contribution in [0.2, 0.25) is 0 Å². The molecule has 22 heavy (non-hydrogen) atoms. The topological polar surface area (TPSA) is 42.2 Å². The molecule has 2 heterocycles. The molecule has 1 aliphatic rings. The van der Waals surface area contributed by atoms with Crippen molar-refractivity contribution in [2.24, 2.45) is 4.99 Å². The lowest BCUT2D eigenvalue weighted by Crippen LogP contribution is -2.22. The first-order valence-electron chi connectivity index (χ1n) is 7.37. The lowest BCUT2D eigenvalue weighted by molar-refractivity contribution is 0.432. The highest BCUT2D eigenvalue weighted by atomic mass is 15.4. The van der Waals surface area contributed by atoms with Crippen molar-refractivity contribution in [3.8, 4) is 22.5 Å². The molecule has 1 aliphatic heterocycles. The highest BCUT2D eigenvalue weighted by molar-refractivity contribution is 5.69. The first-order valence-corrected chi connectivity index (χ1v) is 7.37. The highest BCUT2D eigenvalue weighted by Crippen LogP contribution is 2.28. The Morgan fingerprint density at radius 3 is 2.23 bits per heavy atom. The van der Waals surface area contributed by atoms with Crippen molar-refractivity contribution < 1.29 is 0 Å². The fraction of sp³-hybridized carbons (Fsp3) is 0.111. The van der Waals surface area contributed by atoms with Crippen molar-refractivity contribution in [3.63, 3.8) is 0 Å². The summed E-state index contributed by atoms with van der Waals surface area (Å²) in [7, 11) is 0. The standard InChI is InChI=1S/C18H16N4/c1-3-7-14(8-4-1)16-13-17(15-9-5-2-6-10-15)22(21-16)18-19-11-12-20-18/h1-11,13,18,20H,12H2. The van der Waals surface area contributed by atoms with Crippen molar-refractivity contribution in [1.82, 2.24) is 15.1 Å². The van der Waals surface area contributed by atoms with Crippen molar-refractivity contribution in [1.29, 1.82) is 0 Å². The van der Waals surface area contributed by atoms with Gasteiger partial charge < -0.3 is 0 Å². The Balaban J connectivity index is 1.85. The Labute approximate surface area is 129 Å². The zero-order valence-electron chi connectivity index (χ0n) is 12.1. The van der Waals surface area contributed by atoms with E-state index in [4.69, 9.17) is 5.10 Å². The van der Waals surface area contributed by atoms with E-state index in [2.05, 4.69) is 40.6 Å². The van der Waals surface area contributed by atoms with Gasteiger partial charge in [-0.15, -0.1) is 0 Å². The molecule has 4 rings (SSSR count). The molecule has 0 saturated carbocycles. The summed E-state index contributed by atoms with van der Waals surface area (Å²) >= 11 is 0. The molecule has 0 radical (unpaired) electrons. The van der Waals surface area contributed by atoms with Gasteiger partial charge in [0.05, 0.1) is 11.4 Å². The van der Waals surface area contributed by atoms with E-state index in [1.807, 2.05) is 47.3 Å². The van der Waals surface area contributed by atoms with Crippen LogP contribution in [-0.2, 0) is 0 Å². The Hall–Kier alpha value is -2.72. The Bertz CT molecular complexity index is 790. The predicted octanol–water partition coefficient (Wildman–Crippen LogP) is 3.35. The van der Waals surface area contributed by atoms with Crippen LogP contribution in [0.4, 0.5) is 0 Å². The molecule has 1 N–H and O–H groups in total. The van der Waals surface area contributed by atoms with Gasteiger partial charge in [0, 0.05) is 18.3 Å². The van der Waals surface area contributed by atoms with Crippen LogP contribution in [-0.4, -0.2) is 22.5 Å². The van der Waals surface area contributed by atoms with E-state index < -0.39 is 0 Å². The molecule has 108 valence electrons. The van der Waals surface area contributed by atoms with Crippen molar-refractivity contribution in [2.75, 3.05) is 6.54 Å². The van der Waals surface area contributed by atoms with Gasteiger partial charge in [0.1, 0.15) is 0 Å². The molecule has 4 nitrogen and oxygen atoms in total. The van der Waals surface area contributed by atoms with Crippen molar-refractivity contribution >= 4 is 6.21 Å². The van der Waals surface area contributed by atoms with Crippen LogP contribution < -0.4 is 5.32 Å². The normalized spacial score (nSPS) is 17.0. The minimum Gasteiger partial charge on any atom is -0.272 e. The summed E-state index contributed by atoms with van der Waals surface area (Å²) in [5.74, 6) is 0. The Morgan fingerprint density at radius 1 is 0.909 bits per heavy atom. The molecule has 1 atom stereocenters. The van der Waals surface area contributed by atoms with E-state index in [0.29, 0.717) is 0 Å². The minimum atomic E-state index is -0.132. The molecular weight excluding hydrogens is 272 g/mol. The van der Waals surface area contributed by atoms with Crippen LogP contribution in [0.5, 0.6) is 0 Å². The molecule has 0 saturated heterocycles. The number of hydrogen-bond acceptors (Lipinski definition) is 3. The fourth-order valence-electron chi connectivity index (χ4n) is 2.67. The summed E-state index contributed by atoms with van der Waals surface area (Å²) in [6.07, 6.45) is 1.76. The third-order valence-corrected chi connectivity index (χ3v) is 3.74. The van der Waals surface area contributed by atoms with Crippen molar-refractivity contribution in [2.45, 2.75) is 6.29 Å². The first kappa shape index (κ1) is 13.0. The van der Waals surface area contributed by atoms with Crippen LogP contribution in [0.1, 0.15) is 6.29 Å². The van der Waals surface area contributed by atoms with E-state index in [9.17, 15) is 0 Å². The maximum absolute atomic E-state index is 4.78. The fourth-order valence-corrected chi connectivity index (χ4v) is 2.67. The Morgan fingerprint density at radius 2 is 1.59 bits per heavy atom. The average molecular weight is 288 g/mol. The van der Waals surface area contributed by atoms with Crippen LogP contribution in [0.25, 0.3) is 22.5 Å². The van der Waals surface area contributed by atoms with Gasteiger partial charge in [-0.3, -0.25) is 10.3 Å². The number of nitrogens with one attached hydrogen (secondary N) is 1. The second kappa shape index (κ2) is 5.58. The molecule has 1 aromatic heterocycles. The molecule has 3 aromatic rings. The number of nitrogens with zero attached hydrogens (tertiary/aromatic N) is 3. The van der Waals surface area contributed by atoms with Gasteiger partial charge in [0.15, 0.2) is 6.29 Å². The Kier molecular flexibility index (Phi) is 3.29. The maximum atomic E-state index is 4.78. The van der Waals surface area contributed by atoms with Gasteiger partial charge in [-0.25, -0.2) is 4.68 Å². The monoisotopic (exact) mass is 288 g/mol. The SMILES string of the molecule is C1=NC(n2nc(-c3ccccc3)cc2-c2ccccc2)NC1. The highest BCUT2D eigenvalue weighted by Gasteiger charge is 2.19. The number of benzene rings is 2. The summed E-state index contributed by atoms with van der Waals surface area (Å²) in [4.78, 5) is 4.46. The smallest absolute Gasteiger partial charge is 0.196 e. The quantitative estimate of drug-likeness (QED) is 0.803. The first-order chi connectivity index (χ1) is 10.9. The van der Waals surface area contributed by atoms with E-state index in [1.54, 1.807) is 0 Å². The van der Waals surface area contributed by atoms with Crippen LogP contribution in [0.3, 0.4) is 0 Å². The number of aliphatic imine (C=N–C) groups is 1. The molecule has 0 spiro atoms. The number of hydrogen-bond donors (Lipinski definition) is 1. The number of aromatic nitrogens is 2. The van der Waals surface area contributed by atoms with E-state index in [-0.39, 0.29) is 6.29 Å². The third kappa shape index (κ3) is 2.34. The van der Waals surface area contributed by atoms with Gasteiger partial charge in [-0.2, -0.15) is 5.10 Å². The lowest BCUT2D eigenvalue weighted by atomic mass is 10.1. The predicted molar refractivity (Wildman–Crippen MR) is 88.6 cm³/mol. The number of rotatable bonds is 3. The van der Waals surface area contributed by atoms with Gasteiger partial charge in [0.25, 0.3) is 0 Å². The van der Waals surface area contributed by atoms with Gasteiger partial charge >= 0.3 is 0 Å². The second-order valence-corrected chi connectivity index (χ2v) is 5.21. The molecule has 0 bridgehead atoms. The van der Waals surface area contributed by atoms with Crippen LogP contribution >= 0.6 is 0 Å². The largest absolute Gasteiger partial charge is 0.272 e. The summed E-state index contributed by atoms with van der Waals surface area (Å²) < 4.78 is 1.96. The van der Waals surface area contributed by atoms with Gasteiger partial charge in [-0.1, -0.05) is 60.7 Å². The average Bonchev–Trinajstić information content (AvgIpc) is 3.26.